The lowest BCUT2D eigenvalue weighted by molar-refractivity contribution is -0.164. The normalized spacial score (nSPS) is 24.0. The molecule has 0 bridgehead atoms. The zero-order chi connectivity index (χ0) is 19.2. The van der Waals surface area contributed by atoms with Crippen LogP contribution in [-0.2, 0) is 14.3 Å². The zero-order valence-electron chi connectivity index (χ0n) is 15.6. The molecule has 0 unspecified atom stereocenters. The molecule has 3 rings (SSSR count). The molecule has 0 spiro atoms. The van der Waals surface area contributed by atoms with Crippen LogP contribution >= 0.6 is 0 Å². The van der Waals surface area contributed by atoms with Crippen molar-refractivity contribution in [2.75, 3.05) is 6.61 Å². The summed E-state index contributed by atoms with van der Waals surface area (Å²) in [7, 11) is 0. The fraction of sp³-hybridized carbons (Fsp3) is 0.391. The number of carbonyl (C=O) groups excluding carboxylic acids is 1. The molecule has 0 radical (unpaired) electrons. The molecule has 1 aliphatic rings. The highest BCUT2D eigenvalue weighted by molar-refractivity contribution is 5.84. The molecule has 1 saturated carbocycles. The molecule has 0 aliphatic heterocycles. The SMILES string of the molecule is CCCCCOC(=O)[C@H]1[C@H](c2ccccc2)[C@@H](C(=O)O)[C@H]1c1ccccc1. The number of hydrogen-bond donors (Lipinski definition) is 1. The number of hydrogen-bond acceptors (Lipinski definition) is 3. The zero-order valence-corrected chi connectivity index (χ0v) is 15.6. The molecule has 2 aromatic rings. The maximum atomic E-state index is 12.9. The molecule has 0 amide bonds. The van der Waals surface area contributed by atoms with Gasteiger partial charge in [0.05, 0.1) is 18.4 Å². The van der Waals surface area contributed by atoms with Crippen molar-refractivity contribution in [1.82, 2.24) is 0 Å². The van der Waals surface area contributed by atoms with Crippen LogP contribution in [0.4, 0.5) is 0 Å². The Morgan fingerprint density at radius 3 is 1.81 bits per heavy atom. The van der Waals surface area contributed by atoms with Crippen LogP contribution in [0.5, 0.6) is 0 Å². The number of aliphatic carboxylic acids is 1. The van der Waals surface area contributed by atoms with Gasteiger partial charge in [-0.15, -0.1) is 0 Å². The van der Waals surface area contributed by atoms with Crippen molar-refractivity contribution in [2.24, 2.45) is 11.8 Å². The Labute approximate surface area is 160 Å². The molecule has 142 valence electrons. The van der Waals surface area contributed by atoms with Crippen molar-refractivity contribution in [3.05, 3.63) is 71.8 Å². The maximum Gasteiger partial charge on any atom is 0.310 e. The summed E-state index contributed by atoms with van der Waals surface area (Å²) in [5.41, 5.74) is 1.76. The van der Waals surface area contributed by atoms with E-state index in [0.717, 1.165) is 30.4 Å². The molecule has 4 heteroatoms. The van der Waals surface area contributed by atoms with Gasteiger partial charge in [-0.3, -0.25) is 9.59 Å². The highest BCUT2D eigenvalue weighted by Crippen LogP contribution is 2.58. The Balaban J connectivity index is 1.90. The van der Waals surface area contributed by atoms with Gasteiger partial charge < -0.3 is 9.84 Å². The molecule has 1 fully saturated rings. The second-order valence-corrected chi connectivity index (χ2v) is 7.14. The van der Waals surface area contributed by atoms with Crippen LogP contribution in [0, 0.1) is 11.8 Å². The molecule has 0 saturated heterocycles. The van der Waals surface area contributed by atoms with E-state index in [2.05, 4.69) is 6.92 Å². The Morgan fingerprint density at radius 2 is 1.37 bits per heavy atom. The van der Waals surface area contributed by atoms with Gasteiger partial charge in [-0.1, -0.05) is 80.4 Å². The van der Waals surface area contributed by atoms with E-state index in [9.17, 15) is 14.7 Å². The Hall–Kier alpha value is -2.62. The molecule has 27 heavy (non-hydrogen) atoms. The summed E-state index contributed by atoms with van der Waals surface area (Å²) in [5, 5.41) is 9.89. The fourth-order valence-electron chi connectivity index (χ4n) is 4.15. The molecule has 0 aromatic heterocycles. The van der Waals surface area contributed by atoms with E-state index >= 15 is 0 Å². The number of carbonyl (C=O) groups is 2. The van der Waals surface area contributed by atoms with Gasteiger partial charge in [-0.25, -0.2) is 0 Å². The summed E-state index contributed by atoms with van der Waals surface area (Å²) >= 11 is 0. The van der Waals surface area contributed by atoms with Gasteiger partial charge in [0.2, 0.25) is 0 Å². The van der Waals surface area contributed by atoms with Gasteiger partial charge in [-0.2, -0.15) is 0 Å². The quantitative estimate of drug-likeness (QED) is 0.547. The second-order valence-electron chi connectivity index (χ2n) is 7.14. The van der Waals surface area contributed by atoms with Crippen molar-refractivity contribution in [3.63, 3.8) is 0 Å². The average Bonchev–Trinajstić information content (AvgIpc) is 2.66. The van der Waals surface area contributed by atoms with Crippen molar-refractivity contribution in [2.45, 2.75) is 38.0 Å². The van der Waals surface area contributed by atoms with E-state index in [0.29, 0.717) is 6.61 Å². The Morgan fingerprint density at radius 1 is 0.852 bits per heavy atom. The molecule has 2 aromatic carbocycles. The number of carboxylic acid groups (broad SMARTS) is 1. The maximum absolute atomic E-state index is 12.9. The lowest BCUT2D eigenvalue weighted by Crippen LogP contribution is -2.51. The van der Waals surface area contributed by atoms with Crippen LogP contribution in [0.2, 0.25) is 0 Å². The van der Waals surface area contributed by atoms with E-state index in [1.807, 2.05) is 60.7 Å². The average molecular weight is 366 g/mol. The van der Waals surface area contributed by atoms with Gasteiger partial charge in [0.15, 0.2) is 0 Å². The van der Waals surface area contributed by atoms with Crippen LogP contribution in [-0.4, -0.2) is 23.7 Å². The first-order chi connectivity index (χ1) is 13.1. The van der Waals surface area contributed by atoms with Crippen molar-refractivity contribution in [1.29, 1.82) is 0 Å². The number of ether oxygens (including phenoxy) is 1. The molecule has 4 nitrogen and oxygen atoms in total. The Bertz CT molecular complexity index is 709. The molecular weight excluding hydrogens is 340 g/mol. The predicted molar refractivity (Wildman–Crippen MR) is 103 cm³/mol. The van der Waals surface area contributed by atoms with Gasteiger partial charge >= 0.3 is 11.9 Å². The lowest BCUT2D eigenvalue weighted by atomic mass is 9.52. The van der Waals surface area contributed by atoms with E-state index < -0.39 is 17.8 Å². The highest BCUT2D eigenvalue weighted by Gasteiger charge is 2.59. The number of rotatable bonds is 8. The minimum Gasteiger partial charge on any atom is -0.481 e. The first-order valence-electron chi connectivity index (χ1n) is 9.64. The van der Waals surface area contributed by atoms with Crippen LogP contribution in [0.3, 0.4) is 0 Å². The van der Waals surface area contributed by atoms with Crippen molar-refractivity contribution in [3.8, 4) is 0 Å². The standard InChI is InChI=1S/C23H26O4/c1-2-3-10-15-27-23(26)21-18(16-11-6-4-7-12-16)20(22(24)25)19(21)17-13-8-5-9-14-17/h4-9,11-14,18-21H,2-3,10,15H2,1H3,(H,24,25)/t18-,19-,20-,21+/m1/s1. The number of unbranched alkanes of at least 4 members (excludes halogenated alkanes) is 2. The van der Waals surface area contributed by atoms with Gasteiger partial charge in [0, 0.05) is 11.8 Å². The Kier molecular flexibility index (Phi) is 6.28. The van der Waals surface area contributed by atoms with E-state index in [1.165, 1.54) is 0 Å². The first kappa shape index (κ1) is 19.2. The molecule has 1 N–H and O–H groups in total. The molecule has 1 aliphatic carbocycles. The molecule has 2 atom stereocenters. The van der Waals surface area contributed by atoms with Gasteiger partial charge in [0.1, 0.15) is 0 Å². The number of carboxylic acids is 1. The topological polar surface area (TPSA) is 63.6 Å². The summed E-state index contributed by atoms with van der Waals surface area (Å²) in [6.45, 7) is 2.49. The van der Waals surface area contributed by atoms with E-state index in [-0.39, 0.29) is 17.8 Å². The highest BCUT2D eigenvalue weighted by atomic mass is 16.5. The summed E-state index contributed by atoms with van der Waals surface area (Å²) in [5.74, 6) is -3.00. The van der Waals surface area contributed by atoms with Crippen molar-refractivity contribution < 1.29 is 19.4 Å². The smallest absolute Gasteiger partial charge is 0.310 e. The lowest BCUT2D eigenvalue weighted by Gasteiger charge is -2.49. The first-order valence-corrected chi connectivity index (χ1v) is 9.64. The summed E-state index contributed by atoms with van der Waals surface area (Å²) in [4.78, 5) is 25.0. The van der Waals surface area contributed by atoms with Crippen LogP contribution in [0.1, 0.15) is 49.1 Å². The van der Waals surface area contributed by atoms with Crippen molar-refractivity contribution >= 4 is 11.9 Å². The number of esters is 1. The van der Waals surface area contributed by atoms with E-state index in [1.54, 1.807) is 0 Å². The van der Waals surface area contributed by atoms with E-state index in [4.69, 9.17) is 4.74 Å². The summed E-state index contributed by atoms with van der Waals surface area (Å²) < 4.78 is 5.55. The number of benzene rings is 2. The largest absolute Gasteiger partial charge is 0.481 e. The third kappa shape index (κ3) is 4.05. The fourth-order valence-corrected chi connectivity index (χ4v) is 4.15. The van der Waals surface area contributed by atoms with Crippen LogP contribution in [0.25, 0.3) is 0 Å². The predicted octanol–water partition coefficient (Wildman–Crippen LogP) is 4.62. The second kappa shape index (κ2) is 8.85. The summed E-state index contributed by atoms with van der Waals surface area (Å²) in [6, 6.07) is 18.9. The van der Waals surface area contributed by atoms with Gasteiger partial charge in [0.25, 0.3) is 0 Å². The third-order valence-electron chi connectivity index (χ3n) is 5.47. The molecule has 0 heterocycles. The monoisotopic (exact) mass is 366 g/mol. The molecular formula is C23H26O4. The summed E-state index contributed by atoms with van der Waals surface area (Å²) in [6.07, 6.45) is 2.91. The minimum atomic E-state index is -0.868. The van der Waals surface area contributed by atoms with Crippen LogP contribution < -0.4 is 0 Å². The third-order valence-corrected chi connectivity index (χ3v) is 5.47. The minimum absolute atomic E-state index is 0.286. The van der Waals surface area contributed by atoms with Crippen LogP contribution in [0.15, 0.2) is 60.7 Å². The van der Waals surface area contributed by atoms with Gasteiger partial charge in [-0.05, 0) is 17.5 Å².